The van der Waals surface area contributed by atoms with Crippen molar-refractivity contribution in [3.8, 4) is 5.75 Å². The van der Waals surface area contributed by atoms with E-state index in [-0.39, 0.29) is 0 Å². The molecule has 0 aliphatic heterocycles. The van der Waals surface area contributed by atoms with Crippen LogP contribution >= 0.6 is 0 Å². The first-order valence-electron chi connectivity index (χ1n) is 8.79. The number of benzene rings is 1. The predicted molar refractivity (Wildman–Crippen MR) is 89.8 cm³/mol. The molecule has 0 bridgehead atoms. The Balaban J connectivity index is 1.95. The van der Waals surface area contributed by atoms with Gasteiger partial charge in [-0.2, -0.15) is 0 Å². The summed E-state index contributed by atoms with van der Waals surface area (Å²) in [5, 5.41) is 3.67. The van der Waals surface area contributed by atoms with Gasteiger partial charge >= 0.3 is 0 Å². The third-order valence-electron chi connectivity index (χ3n) is 4.50. The zero-order chi connectivity index (χ0) is 14.9. The van der Waals surface area contributed by atoms with Crippen LogP contribution in [0.4, 0.5) is 0 Å². The summed E-state index contributed by atoms with van der Waals surface area (Å²) in [7, 11) is 0. The number of ether oxygens (including phenoxy) is 1. The summed E-state index contributed by atoms with van der Waals surface area (Å²) >= 11 is 0. The van der Waals surface area contributed by atoms with E-state index < -0.39 is 0 Å². The average Bonchev–Trinajstić information content (AvgIpc) is 2.54. The van der Waals surface area contributed by atoms with Crippen LogP contribution in [0.1, 0.15) is 70.4 Å². The molecule has 1 N–H and O–H groups in total. The molecule has 118 valence electrons. The third kappa shape index (κ3) is 5.35. The molecule has 21 heavy (non-hydrogen) atoms. The zero-order valence-electron chi connectivity index (χ0n) is 13.7. The summed E-state index contributed by atoms with van der Waals surface area (Å²) in [5.74, 6) is 1.90. The van der Waals surface area contributed by atoms with Crippen molar-refractivity contribution in [1.29, 1.82) is 0 Å². The van der Waals surface area contributed by atoms with E-state index in [4.69, 9.17) is 4.74 Å². The van der Waals surface area contributed by atoms with Gasteiger partial charge < -0.3 is 10.1 Å². The van der Waals surface area contributed by atoms with Gasteiger partial charge in [-0.05, 0) is 43.0 Å². The lowest BCUT2D eigenvalue weighted by Gasteiger charge is -2.27. The first-order chi connectivity index (χ1) is 10.3. The molecule has 2 heteroatoms. The SMILES string of the molecule is CCCOc1ccc(C(CC2CCCCC2)NCC)cc1. The van der Waals surface area contributed by atoms with E-state index in [0.717, 1.165) is 31.2 Å². The molecule has 1 unspecified atom stereocenters. The summed E-state index contributed by atoms with van der Waals surface area (Å²) < 4.78 is 5.68. The van der Waals surface area contributed by atoms with Crippen molar-refractivity contribution < 1.29 is 4.74 Å². The molecule has 1 atom stereocenters. The smallest absolute Gasteiger partial charge is 0.119 e. The van der Waals surface area contributed by atoms with Crippen molar-refractivity contribution in [3.05, 3.63) is 29.8 Å². The first-order valence-corrected chi connectivity index (χ1v) is 8.79. The number of rotatable bonds is 8. The van der Waals surface area contributed by atoms with Crippen molar-refractivity contribution in [1.82, 2.24) is 5.32 Å². The lowest BCUT2D eigenvalue weighted by molar-refractivity contribution is 0.301. The second kappa shape index (κ2) is 9.09. The number of nitrogens with one attached hydrogen (secondary N) is 1. The van der Waals surface area contributed by atoms with Crippen molar-refractivity contribution in [2.24, 2.45) is 5.92 Å². The summed E-state index contributed by atoms with van der Waals surface area (Å²) in [6.07, 6.45) is 9.46. The van der Waals surface area contributed by atoms with Gasteiger partial charge in [-0.15, -0.1) is 0 Å². The molecule has 0 saturated heterocycles. The quantitative estimate of drug-likeness (QED) is 0.719. The Morgan fingerprint density at radius 2 is 1.81 bits per heavy atom. The summed E-state index contributed by atoms with van der Waals surface area (Å²) in [4.78, 5) is 0. The highest BCUT2D eigenvalue weighted by atomic mass is 16.5. The minimum Gasteiger partial charge on any atom is -0.494 e. The molecule has 1 fully saturated rings. The van der Waals surface area contributed by atoms with Crippen LogP contribution in [0.2, 0.25) is 0 Å². The fourth-order valence-corrected chi connectivity index (χ4v) is 3.36. The Bertz CT molecular complexity index is 381. The van der Waals surface area contributed by atoms with Gasteiger partial charge in [0.2, 0.25) is 0 Å². The van der Waals surface area contributed by atoms with Crippen molar-refractivity contribution >= 4 is 0 Å². The van der Waals surface area contributed by atoms with Crippen molar-refractivity contribution in [3.63, 3.8) is 0 Å². The van der Waals surface area contributed by atoms with Crippen molar-refractivity contribution in [2.75, 3.05) is 13.2 Å². The molecule has 0 amide bonds. The highest BCUT2D eigenvalue weighted by Crippen LogP contribution is 2.32. The van der Waals surface area contributed by atoms with E-state index >= 15 is 0 Å². The lowest BCUT2D eigenvalue weighted by atomic mass is 9.83. The molecule has 0 radical (unpaired) electrons. The molecule has 2 rings (SSSR count). The lowest BCUT2D eigenvalue weighted by Crippen LogP contribution is -2.24. The van der Waals surface area contributed by atoms with E-state index in [1.807, 2.05) is 0 Å². The summed E-state index contributed by atoms with van der Waals surface area (Å²) in [5.41, 5.74) is 1.41. The minimum atomic E-state index is 0.498. The van der Waals surface area contributed by atoms with E-state index in [0.29, 0.717) is 6.04 Å². The molecular formula is C19H31NO. The maximum Gasteiger partial charge on any atom is 0.119 e. The van der Waals surface area contributed by atoms with Crippen LogP contribution in [-0.4, -0.2) is 13.2 Å². The minimum absolute atomic E-state index is 0.498. The molecule has 1 aromatic carbocycles. The van der Waals surface area contributed by atoms with Gasteiger partial charge in [0.15, 0.2) is 0 Å². The summed E-state index contributed by atoms with van der Waals surface area (Å²) in [6, 6.07) is 9.22. The molecule has 2 nitrogen and oxygen atoms in total. The second-order valence-corrected chi connectivity index (χ2v) is 6.27. The highest BCUT2D eigenvalue weighted by molar-refractivity contribution is 5.29. The van der Waals surface area contributed by atoms with E-state index in [9.17, 15) is 0 Å². The molecule has 1 saturated carbocycles. The Morgan fingerprint density at radius 3 is 2.43 bits per heavy atom. The predicted octanol–water partition coefficient (Wildman–Crippen LogP) is 5.10. The number of hydrogen-bond acceptors (Lipinski definition) is 2. The van der Waals surface area contributed by atoms with Gasteiger partial charge in [0.1, 0.15) is 5.75 Å². The van der Waals surface area contributed by atoms with Gasteiger partial charge in [0.05, 0.1) is 6.61 Å². The van der Waals surface area contributed by atoms with Gasteiger partial charge in [-0.1, -0.05) is 58.1 Å². The second-order valence-electron chi connectivity index (χ2n) is 6.27. The molecule has 1 aliphatic carbocycles. The molecular weight excluding hydrogens is 258 g/mol. The Labute approximate surface area is 130 Å². The molecule has 0 spiro atoms. The first kappa shape index (κ1) is 16.4. The van der Waals surface area contributed by atoms with Gasteiger partial charge in [0, 0.05) is 6.04 Å². The third-order valence-corrected chi connectivity index (χ3v) is 4.50. The zero-order valence-corrected chi connectivity index (χ0v) is 13.7. The Morgan fingerprint density at radius 1 is 1.10 bits per heavy atom. The molecule has 0 aromatic heterocycles. The highest BCUT2D eigenvalue weighted by Gasteiger charge is 2.19. The van der Waals surface area contributed by atoms with Crippen LogP contribution < -0.4 is 10.1 Å². The van der Waals surface area contributed by atoms with E-state index in [1.165, 1.54) is 44.1 Å². The fraction of sp³-hybridized carbons (Fsp3) is 0.684. The van der Waals surface area contributed by atoms with E-state index in [1.54, 1.807) is 0 Å². The molecule has 0 heterocycles. The molecule has 1 aliphatic rings. The topological polar surface area (TPSA) is 21.3 Å². The number of hydrogen-bond donors (Lipinski definition) is 1. The van der Waals surface area contributed by atoms with Crippen LogP contribution in [-0.2, 0) is 0 Å². The van der Waals surface area contributed by atoms with Crippen LogP contribution in [0.25, 0.3) is 0 Å². The standard InChI is InChI=1S/C19H31NO/c1-3-14-21-18-12-10-17(11-13-18)19(20-4-2)15-16-8-6-5-7-9-16/h10-13,16,19-20H,3-9,14-15H2,1-2H3. The van der Waals surface area contributed by atoms with Gasteiger partial charge in [-0.25, -0.2) is 0 Å². The maximum atomic E-state index is 5.68. The monoisotopic (exact) mass is 289 g/mol. The van der Waals surface area contributed by atoms with Crippen LogP contribution in [0, 0.1) is 5.92 Å². The maximum absolute atomic E-state index is 5.68. The van der Waals surface area contributed by atoms with Crippen LogP contribution in [0.3, 0.4) is 0 Å². The van der Waals surface area contributed by atoms with E-state index in [2.05, 4.69) is 43.4 Å². The Kier molecular flexibility index (Phi) is 7.08. The average molecular weight is 289 g/mol. The van der Waals surface area contributed by atoms with Crippen LogP contribution in [0.5, 0.6) is 5.75 Å². The Hall–Kier alpha value is -1.02. The van der Waals surface area contributed by atoms with Gasteiger partial charge in [-0.3, -0.25) is 0 Å². The van der Waals surface area contributed by atoms with Crippen molar-refractivity contribution in [2.45, 2.75) is 64.8 Å². The molecule has 1 aromatic rings. The normalized spacial score (nSPS) is 17.6. The fourth-order valence-electron chi connectivity index (χ4n) is 3.36. The van der Waals surface area contributed by atoms with Crippen LogP contribution in [0.15, 0.2) is 24.3 Å². The summed E-state index contributed by atoms with van der Waals surface area (Å²) in [6.45, 7) is 6.18. The van der Waals surface area contributed by atoms with Gasteiger partial charge in [0.25, 0.3) is 0 Å². The largest absolute Gasteiger partial charge is 0.494 e.